The molecule has 0 saturated carbocycles. The summed E-state index contributed by atoms with van der Waals surface area (Å²) in [7, 11) is 0. The van der Waals surface area contributed by atoms with Crippen molar-refractivity contribution in [3.63, 3.8) is 0 Å². The summed E-state index contributed by atoms with van der Waals surface area (Å²) >= 11 is 0. The summed E-state index contributed by atoms with van der Waals surface area (Å²) in [6, 6.07) is 17.5. The van der Waals surface area contributed by atoms with Gasteiger partial charge in [0, 0.05) is 11.3 Å². The molecule has 2 heterocycles. The van der Waals surface area contributed by atoms with Crippen molar-refractivity contribution >= 4 is 17.7 Å². The standard InChI is InChI=1S/C33H36FNO8/c1-18-2-10-22(11-3-18)35-29(24(33(35)42)13-14-25(37)20-6-8-21(34)9-7-20)23-12-4-19(16-26(23)38)5-15-27-30(39)32(41)31(40)28(17-36)43-27/h2-12,15-16,24-25,27-32,36-41H,13-14,17H2,1H3/b15-5+/t24-,25+,27+,28?,29-,30?,31-,32-/m1/s1. The molecule has 10 heteroatoms. The Kier molecular flexibility index (Phi) is 9.26. The van der Waals surface area contributed by atoms with Gasteiger partial charge >= 0.3 is 0 Å². The number of β-lactam (4-membered cyclic amide) rings is 1. The Morgan fingerprint density at radius 2 is 1.67 bits per heavy atom. The van der Waals surface area contributed by atoms with E-state index in [0.29, 0.717) is 28.8 Å². The fourth-order valence-corrected chi connectivity index (χ4v) is 5.78. The highest BCUT2D eigenvalue weighted by molar-refractivity contribution is 6.03. The summed E-state index contributed by atoms with van der Waals surface area (Å²) in [5.74, 6) is -1.11. The zero-order chi connectivity index (χ0) is 30.8. The predicted octanol–water partition coefficient (Wildman–Crippen LogP) is 2.91. The van der Waals surface area contributed by atoms with E-state index in [4.69, 9.17) is 4.74 Å². The van der Waals surface area contributed by atoms with E-state index in [1.807, 2.05) is 31.2 Å². The number of phenolic OH excluding ortho intramolecular Hbond substituents is 1. The lowest BCUT2D eigenvalue weighted by molar-refractivity contribution is -0.216. The highest BCUT2D eigenvalue weighted by atomic mass is 19.1. The lowest BCUT2D eigenvalue weighted by atomic mass is 9.77. The number of rotatable bonds is 9. The fourth-order valence-electron chi connectivity index (χ4n) is 5.78. The number of benzene rings is 3. The van der Waals surface area contributed by atoms with Gasteiger partial charge in [-0.05, 0) is 61.2 Å². The molecule has 0 bridgehead atoms. The molecule has 3 aromatic carbocycles. The third kappa shape index (κ3) is 6.35. The molecule has 0 spiro atoms. The van der Waals surface area contributed by atoms with Gasteiger partial charge < -0.3 is 40.3 Å². The third-order valence-corrected chi connectivity index (χ3v) is 8.31. The van der Waals surface area contributed by atoms with E-state index in [2.05, 4.69) is 0 Å². The monoisotopic (exact) mass is 593 g/mol. The van der Waals surface area contributed by atoms with Gasteiger partial charge in [0.15, 0.2) is 0 Å². The number of carbonyl (C=O) groups is 1. The van der Waals surface area contributed by atoms with Crippen LogP contribution < -0.4 is 4.90 Å². The number of hydrogen-bond acceptors (Lipinski definition) is 8. The van der Waals surface area contributed by atoms with Gasteiger partial charge in [-0.3, -0.25) is 4.79 Å². The SMILES string of the molecule is Cc1ccc(N2C(=O)[C@H](CC[C@H](O)c3ccc(F)cc3)[C@H]2c2ccc(/C=C/[C@@H]3OC(CO)[C@@H](O)[C@H](O)C3O)cc2O)cc1. The maximum Gasteiger partial charge on any atom is 0.233 e. The van der Waals surface area contributed by atoms with Crippen molar-refractivity contribution in [1.82, 2.24) is 0 Å². The van der Waals surface area contributed by atoms with Crippen molar-refractivity contribution < 1.29 is 44.6 Å². The van der Waals surface area contributed by atoms with Crippen LogP contribution in [0.4, 0.5) is 10.1 Å². The van der Waals surface area contributed by atoms with Crippen molar-refractivity contribution in [1.29, 1.82) is 0 Å². The van der Waals surface area contributed by atoms with Gasteiger partial charge in [0.05, 0.1) is 24.7 Å². The first kappa shape index (κ1) is 30.8. The van der Waals surface area contributed by atoms with Crippen LogP contribution in [0, 0.1) is 18.7 Å². The lowest BCUT2D eigenvalue weighted by Gasteiger charge is -2.48. The molecule has 2 fully saturated rings. The number of halogens is 1. The normalized spacial score (nSPS) is 28.2. The minimum Gasteiger partial charge on any atom is -0.508 e. The van der Waals surface area contributed by atoms with Crippen molar-refractivity contribution in [2.45, 2.75) is 62.4 Å². The van der Waals surface area contributed by atoms with E-state index in [0.717, 1.165) is 5.56 Å². The summed E-state index contributed by atoms with van der Waals surface area (Å²) in [6.07, 6.45) is -3.65. The number of amides is 1. The van der Waals surface area contributed by atoms with Crippen molar-refractivity contribution in [2.75, 3.05) is 11.5 Å². The highest BCUT2D eigenvalue weighted by Crippen LogP contribution is 2.48. The zero-order valence-electron chi connectivity index (χ0n) is 23.6. The zero-order valence-corrected chi connectivity index (χ0v) is 23.6. The van der Waals surface area contributed by atoms with Crippen LogP contribution in [0.5, 0.6) is 5.75 Å². The van der Waals surface area contributed by atoms with E-state index in [-0.39, 0.29) is 18.1 Å². The Hall–Kier alpha value is -3.64. The Balaban J connectivity index is 1.37. The topological polar surface area (TPSA) is 151 Å². The molecule has 0 aromatic heterocycles. The molecule has 5 rings (SSSR count). The molecular weight excluding hydrogens is 557 g/mol. The maximum absolute atomic E-state index is 13.4. The number of phenols is 1. The van der Waals surface area contributed by atoms with E-state index in [1.165, 1.54) is 36.4 Å². The Labute approximate surface area is 248 Å². The molecule has 0 aliphatic carbocycles. The smallest absolute Gasteiger partial charge is 0.233 e. The van der Waals surface area contributed by atoms with Gasteiger partial charge in [0.1, 0.15) is 42.1 Å². The van der Waals surface area contributed by atoms with E-state index in [1.54, 1.807) is 23.1 Å². The molecule has 8 atom stereocenters. The average molecular weight is 594 g/mol. The number of carbonyl (C=O) groups excluding carboxylic acids is 1. The largest absolute Gasteiger partial charge is 0.508 e. The van der Waals surface area contributed by atoms with Gasteiger partial charge in [-0.15, -0.1) is 0 Å². The van der Waals surface area contributed by atoms with E-state index < -0.39 is 61.0 Å². The van der Waals surface area contributed by atoms with Crippen LogP contribution in [0.3, 0.4) is 0 Å². The van der Waals surface area contributed by atoms with Gasteiger partial charge in [-0.25, -0.2) is 4.39 Å². The minimum absolute atomic E-state index is 0.0605. The van der Waals surface area contributed by atoms with Crippen LogP contribution in [0.2, 0.25) is 0 Å². The average Bonchev–Trinajstić information content (AvgIpc) is 3.00. The second kappa shape index (κ2) is 12.9. The molecule has 6 N–H and O–H groups in total. The number of aromatic hydroxyl groups is 1. The number of anilines is 1. The van der Waals surface area contributed by atoms with Gasteiger partial charge in [0.25, 0.3) is 0 Å². The van der Waals surface area contributed by atoms with Crippen LogP contribution in [0.25, 0.3) is 6.08 Å². The summed E-state index contributed by atoms with van der Waals surface area (Å²) in [5.41, 5.74) is 3.34. The van der Waals surface area contributed by atoms with Crippen molar-refractivity contribution in [3.8, 4) is 5.75 Å². The number of hydrogen-bond donors (Lipinski definition) is 6. The van der Waals surface area contributed by atoms with Crippen LogP contribution in [0.1, 0.15) is 47.2 Å². The highest BCUT2D eigenvalue weighted by Gasteiger charge is 2.49. The van der Waals surface area contributed by atoms with Crippen LogP contribution >= 0.6 is 0 Å². The number of aryl methyl sites for hydroxylation is 1. The molecule has 43 heavy (non-hydrogen) atoms. The van der Waals surface area contributed by atoms with Crippen LogP contribution in [-0.4, -0.2) is 73.7 Å². The summed E-state index contributed by atoms with van der Waals surface area (Å²) in [6.45, 7) is 1.41. The molecule has 0 radical (unpaired) electrons. The third-order valence-electron chi connectivity index (χ3n) is 8.31. The van der Waals surface area contributed by atoms with E-state index >= 15 is 0 Å². The molecule has 2 aliphatic heterocycles. The first-order valence-corrected chi connectivity index (χ1v) is 14.2. The Bertz CT molecular complexity index is 1440. The van der Waals surface area contributed by atoms with Crippen molar-refractivity contribution in [3.05, 3.63) is 101 Å². The Morgan fingerprint density at radius 3 is 2.33 bits per heavy atom. The van der Waals surface area contributed by atoms with Crippen molar-refractivity contribution in [2.24, 2.45) is 5.92 Å². The number of ether oxygens (including phenoxy) is 1. The van der Waals surface area contributed by atoms with E-state index in [9.17, 15) is 39.8 Å². The molecule has 9 nitrogen and oxygen atoms in total. The molecule has 3 aromatic rings. The van der Waals surface area contributed by atoms with Crippen LogP contribution in [-0.2, 0) is 9.53 Å². The maximum atomic E-state index is 13.4. The first-order chi connectivity index (χ1) is 20.6. The summed E-state index contributed by atoms with van der Waals surface area (Å²) in [4.78, 5) is 15.1. The minimum atomic E-state index is -1.50. The summed E-state index contributed by atoms with van der Waals surface area (Å²) in [5, 5.41) is 61.6. The van der Waals surface area contributed by atoms with Crippen LogP contribution in [0.15, 0.2) is 72.8 Å². The molecule has 2 saturated heterocycles. The lowest BCUT2D eigenvalue weighted by Crippen LogP contribution is -2.57. The Morgan fingerprint density at radius 1 is 0.977 bits per heavy atom. The molecule has 2 unspecified atom stereocenters. The second-order valence-electron chi connectivity index (χ2n) is 11.2. The molecule has 228 valence electrons. The number of nitrogens with zero attached hydrogens (tertiary/aromatic N) is 1. The quantitative estimate of drug-likeness (QED) is 0.207. The number of aliphatic hydroxyl groups excluding tert-OH is 5. The molecule has 2 aliphatic rings. The second-order valence-corrected chi connectivity index (χ2v) is 11.2. The first-order valence-electron chi connectivity index (χ1n) is 14.2. The van der Waals surface area contributed by atoms with Gasteiger partial charge in [0.2, 0.25) is 5.91 Å². The fraction of sp³-hybridized carbons (Fsp3) is 0.364. The van der Waals surface area contributed by atoms with Gasteiger partial charge in [-0.2, -0.15) is 0 Å². The molecule has 1 amide bonds. The predicted molar refractivity (Wildman–Crippen MR) is 156 cm³/mol. The molecular formula is C33H36FNO8. The van der Waals surface area contributed by atoms with Gasteiger partial charge in [-0.1, -0.05) is 54.1 Å². The number of aliphatic hydroxyl groups is 5. The summed E-state index contributed by atoms with van der Waals surface area (Å²) < 4.78 is 18.8.